The zero-order valence-electron chi connectivity index (χ0n) is 14.6. The molecule has 0 aromatic heterocycles. The van der Waals surface area contributed by atoms with Crippen molar-refractivity contribution in [2.24, 2.45) is 5.92 Å². The van der Waals surface area contributed by atoms with Crippen LogP contribution in [0.5, 0.6) is 0 Å². The molecule has 0 aliphatic heterocycles. The molecule has 8 heteroatoms. The third-order valence-corrected chi connectivity index (χ3v) is 3.47. The Labute approximate surface area is 145 Å². The highest BCUT2D eigenvalue weighted by Gasteiger charge is 2.28. The summed E-state index contributed by atoms with van der Waals surface area (Å²) in [6, 6.07) is 5.35. The Morgan fingerprint density at radius 2 is 1.64 bits per heavy atom. The van der Waals surface area contributed by atoms with Crippen LogP contribution < -0.4 is 10.6 Å². The van der Waals surface area contributed by atoms with E-state index in [4.69, 9.17) is 0 Å². The molecular weight excluding hydrogens is 328 g/mol. The predicted octanol–water partition coefficient (Wildman–Crippen LogP) is 1.12. The van der Waals surface area contributed by atoms with Crippen LogP contribution in [0.1, 0.15) is 30.6 Å². The van der Waals surface area contributed by atoms with E-state index in [9.17, 15) is 19.2 Å². The van der Waals surface area contributed by atoms with E-state index in [-0.39, 0.29) is 17.9 Å². The van der Waals surface area contributed by atoms with Crippen LogP contribution in [0.3, 0.4) is 0 Å². The zero-order valence-corrected chi connectivity index (χ0v) is 14.6. The number of anilines is 1. The Morgan fingerprint density at radius 3 is 2.20 bits per heavy atom. The van der Waals surface area contributed by atoms with Gasteiger partial charge < -0.3 is 20.1 Å². The number of para-hydroxylation sites is 1. The van der Waals surface area contributed by atoms with Crippen molar-refractivity contribution < 1.29 is 28.7 Å². The smallest absolute Gasteiger partial charge is 0.328 e. The maximum absolute atomic E-state index is 12.5. The zero-order chi connectivity index (χ0) is 19.0. The number of hydrogen-bond donors (Lipinski definition) is 2. The number of amides is 2. The first-order valence-electron chi connectivity index (χ1n) is 7.63. The van der Waals surface area contributed by atoms with Crippen LogP contribution >= 0.6 is 0 Å². The number of carbonyl (C=O) groups excluding carboxylic acids is 4. The Kier molecular flexibility index (Phi) is 7.58. The number of esters is 2. The number of nitrogens with one attached hydrogen (secondary N) is 2. The van der Waals surface area contributed by atoms with Crippen LogP contribution in [0.4, 0.5) is 5.69 Å². The molecule has 0 bridgehead atoms. The molecule has 2 N–H and O–H groups in total. The van der Waals surface area contributed by atoms with Crippen molar-refractivity contribution in [3.8, 4) is 0 Å². The van der Waals surface area contributed by atoms with Crippen molar-refractivity contribution in [1.82, 2.24) is 5.32 Å². The minimum absolute atomic E-state index is 0.0212. The summed E-state index contributed by atoms with van der Waals surface area (Å²) in [5.41, 5.74) is 0.509. The minimum Gasteiger partial charge on any atom is -0.469 e. The summed E-state index contributed by atoms with van der Waals surface area (Å²) in [4.78, 5) is 47.2. The lowest BCUT2D eigenvalue weighted by Gasteiger charge is -2.20. The topological polar surface area (TPSA) is 111 Å². The fourth-order valence-electron chi connectivity index (χ4n) is 2.22. The van der Waals surface area contributed by atoms with Crippen molar-refractivity contribution in [2.75, 3.05) is 19.5 Å². The number of rotatable bonds is 7. The third-order valence-electron chi connectivity index (χ3n) is 3.47. The molecule has 0 spiro atoms. The highest BCUT2D eigenvalue weighted by molar-refractivity contribution is 6.04. The quantitative estimate of drug-likeness (QED) is 0.713. The fourth-order valence-corrected chi connectivity index (χ4v) is 2.22. The monoisotopic (exact) mass is 350 g/mol. The second-order valence-corrected chi connectivity index (χ2v) is 5.44. The van der Waals surface area contributed by atoms with Gasteiger partial charge in [-0.15, -0.1) is 0 Å². The van der Waals surface area contributed by atoms with Crippen LogP contribution in [0.25, 0.3) is 0 Å². The molecule has 2 amide bonds. The van der Waals surface area contributed by atoms with Crippen LogP contribution in [-0.4, -0.2) is 44.0 Å². The molecule has 25 heavy (non-hydrogen) atoms. The maximum Gasteiger partial charge on any atom is 0.328 e. The molecule has 0 fully saturated rings. The molecular formula is C17H22N2O6. The lowest BCUT2D eigenvalue weighted by atomic mass is 10.0. The molecule has 0 radical (unpaired) electrons. The molecule has 136 valence electrons. The molecule has 0 aliphatic carbocycles. The van der Waals surface area contributed by atoms with Crippen LogP contribution in [0, 0.1) is 5.92 Å². The Hall–Kier alpha value is -2.90. The second kappa shape index (κ2) is 9.41. The molecule has 1 aromatic carbocycles. The molecule has 0 saturated heterocycles. The fraction of sp³-hybridized carbons (Fsp3) is 0.412. The van der Waals surface area contributed by atoms with Crippen molar-refractivity contribution in [1.29, 1.82) is 0 Å². The average Bonchev–Trinajstić information content (AvgIpc) is 2.59. The molecule has 0 unspecified atom stereocenters. The van der Waals surface area contributed by atoms with E-state index in [0.29, 0.717) is 5.69 Å². The minimum atomic E-state index is -1.03. The van der Waals surface area contributed by atoms with Gasteiger partial charge in [-0.3, -0.25) is 14.4 Å². The molecule has 0 aliphatic rings. The van der Waals surface area contributed by atoms with Crippen molar-refractivity contribution in [3.63, 3.8) is 0 Å². The van der Waals surface area contributed by atoms with Crippen molar-refractivity contribution in [2.45, 2.75) is 26.3 Å². The Morgan fingerprint density at radius 1 is 1.04 bits per heavy atom. The normalized spacial score (nSPS) is 12.5. The van der Waals surface area contributed by atoms with Crippen LogP contribution in [-0.2, 0) is 23.9 Å². The van der Waals surface area contributed by atoms with E-state index in [1.54, 1.807) is 25.1 Å². The van der Waals surface area contributed by atoms with Gasteiger partial charge in [0.1, 0.15) is 6.04 Å². The third kappa shape index (κ3) is 5.91. The van der Waals surface area contributed by atoms with Crippen LogP contribution in [0.15, 0.2) is 24.3 Å². The molecule has 0 heterocycles. The predicted molar refractivity (Wildman–Crippen MR) is 89.8 cm³/mol. The first-order valence-corrected chi connectivity index (χ1v) is 7.63. The number of benzene rings is 1. The van der Waals surface area contributed by atoms with E-state index in [1.165, 1.54) is 27.2 Å². The summed E-state index contributed by atoms with van der Waals surface area (Å²) in [7, 11) is 2.43. The molecule has 1 aromatic rings. The van der Waals surface area contributed by atoms with Gasteiger partial charge >= 0.3 is 11.9 Å². The summed E-state index contributed by atoms with van der Waals surface area (Å²) in [6.07, 6.45) is 0.0212. The van der Waals surface area contributed by atoms with Gasteiger partial charge in [0.05, 0.1) is 31.4 Å². The van der Waals surface area contributed by atoms with E-state index >= 15 is 0 Å². The van der Waals surface area contributed by atoms with Gasteiger partial charge in [-0.1, -0.05) is 19.1 Å². The molecule has 1 rings (SSSR count). The largest absolute Gasteiger partial charge is 0.469 e. The van der Waals surface area contributed by atoms with E-state index < -0.39 is 29.8 Å². The summed E-state index contributed by atoms with van der Waals surface area (Å²) >= 11 is 0. The summed E-state index contributed by atoms with van der Waals surface area (Å²) in [6.45, 7) is 2.91. The lowest BCUT2D eigenvalue weighted by Crippen LogP contribution is -2.43. The lowest BCUT2D eigenvalue weighted by molar-refractivity contribution is -0.147. The second-order valence-electron chi connectivity index (χ2n) is 5.44. The molecule has 0 saturated carbocycles. The highest BCUT2D eigenvalue weighted by Crippen LogP contribution is 2.16. The van der Waals surface area contributed by atoms with Gasteiger partial charge in [0.15, 0.2) is 0 Å². The van der Waals surface area contributed by atoms with E-state index in [2.05, 4.69) is 20.1 Å². The Bertz CT molecular complexity index is 658. The maximum atomic E-state index is 12.5. The average molecular weight is 350 g/mol. The number of carbonyl (C=O) groups is 4. The van der Waals surface area contributed by atoms with Gasteiger partial charge in [-0.25, -0.2) is 4.79 Å². The van der Waals surface area contributed by atoms with Gasteiger partial charge in [-0.05, 0) is 18.6 Å². The first-order chi connectivity index (χ1) is 11.8. The molecule has 2 atom stereocenters. The molecule has 8 nitrogen and oxygen atoms in total. The SMILES string of the molecule is COC(=O)[C@H](C)C[C@@H](NC(=O)c1ccccc1NC(C)=O)C(=O)OC. The summed E-state index contributed by atoms with van der Waals surface area (Å²) < 4.78 is 9.31. The van der Waals surface area contributed by atoms with Crippen LogP contribution in [0.2, 0.25) is 0 Å². The number of ether oxygens (including phenoxy) is 2. The summed E-state index contributed by atoms with van der Waals surface area (Å²) in [5.74, 6) is -2.69. The van der Waals surface area contributed by atoms with Gasteiger partial charge in [0.25, 0.3) is 5.91 Å². The van der Waals surface area contributed by atoms with Gasteiger partial charge in [0.2, 0.25) is 5.91 Å². The van der Waals surface area contributed by atoms with Gasteiger partial charge in [-0.2, -0.15) is 0 Å². The first kappa shape index (κ1) is 20.1. The summed E-state index contributed by atoms with van der Waals surface area (Å²) in [5, 5.41) is 5.08. The number of hydrogen-bond acceptors (Lipinski definition) is 6. The van der Waals surface area contributed by atoms with Gasteiger partial charge in [0, 0.05) is 6.92 Å². The van der Waals surface area contributed by atoms with Crippen molar-refractivity contribution in [3.05, 3.63) is 29.8 Å². The standard InChI is InChI=1S/C17H22N2O6/c1-10(16(22)24-3)9-14(17(23)25-4)19-15(21)12-7-5-6-8-13(12)18-11(2)20/h5-8,10,14H,9H2,1-4H3,(H,18,20)(H,19,21)/t10-,14-/m1/s1. The van der Waals surface area contributed by atoms with Crippen molar-refractivity contribution >= 4 is 29.4 Å². The Balaban J connectivity index is 2.97. The highest BCUT2D eigenvalue weighted by atomic mass is 16.5. The van der Waals surface area contributed by atoms with E-state index in [1.807, 2.05) is 0 Å². The van der Waals surface area contributed by atoms with E-state index in [0.717, 1.165) is 0 Å². The number of methoxy groups -OCH3 is 2.